The molecule has 2 fully saturated rings. The third kappa shape index (κ3) is 3.65. The first kappa shape index (κ1) is 17.5. The number of nitrogens with one attached hydrogen (secondary N) is 1. The molecule has 27 heavy (non-hydrogen) atoms. The second kappa shape index (κ2) is 7.02. The number of aromatic nitrogens is 4. The van der Waals surface area contributed by atoms with Crippen LogP contribution in [0, 0.1) is 13.8 Å². The van der Waals surface area contributed by atoms with Gasteiger partial charge in [-0.2, -0.15) is 0 Å². The third-order valence-corrected chi connectivity index (χ3v) is 4.93. The van der Waals surface area contributed by atoms with Gasteiger partial charge < -0.3 is 10.2 Å². The summed E-state index contributed by atoms with van der Waals surface area (Å²) in [7, 11) is 0. The summed E-state index contributed by atoms with van der Waals surface area (Å²) in [6.45, 7) is 4.22. The quantitative estimate of drug-likeness (QED) is 0.885. The highest BCUT2D eigenvalue weighted by atomic mass is 16.2. The van der Waals surface area contributed by atoms with E-state index in [9.17, 15) is 9.59 Å². The van der Waals surface area contributed by atoms with Gasteiger partial charge in [0.25, 0.3) is 11.8 Å². The molecule has 2 aromatic heterocycles. The number of nitrogens with zero attached hydrogens (tertiary/aromatic N) is 5. The predicted octanol–water partition coefficient (Wildman–Crippen LogP) is 1.75. The minimum absolute atomic E-state index is 0.165. The summed E-state index contributed by atoms with van der Waals surface area (Å²) in [6.07, 6.45) is 8.28. The summed E-state index contributed by atoms with van der Waals surface area (Å²) in [5.74, 6) is 0.235. The topological polar surface area (TPSA) is 101 Å². The molecule has 1 unspecified atom stereocenters. The molecular weight excluding hydrogens is 344 g/mol. The van der Waals surface area contributed by atoms with Crippen molar-refractivity contribution in [3.05, 3.63) is 47.1 Å². The molecule has 140 valence electrons. The zero-order valence-corrected chi connectivity index (χ0v) is 15.5. The molecule has 0 spiro atoms. The Morgan fingerprint density at radius 1 is 1.07 bits per heavy atom. The molecule has 2 aromatic rings. The maximum absolute atomic E-state index is 13.0. The van der Waals surface area contributed by atoms with Crippen molar-refractivity contribution in [1.29, 1.82) is 0 Å². The Labute approximate surface area is 157 Å². The molecule has 1 atom stereocenters. The van der Waals surface area contributed by atoms with E-state index in [0.29, 0.717) is 29.3 Å². The first-order valence-corrected chi connectivity index (χ1v) is 9.27. The SMILES string of the molecule is Cc1cnc(C(=O)N2CCCC2c2nc(C)ncc2C(=O)NC2CC2)cn1. The van der Waals surface area contributed by atoms with Crippen LogP contribution in [0.5, 0.6) is 0 Å². The van der Waals surface area contributed by atoms with Gasteiger partial charge in [-0.1, -0.05) is 0 Å². The minimum Gasteiger partial charge on any atom is -0.349 e. The largest absolute Gasteiger partial charge is 0.349 e. The molecule has 1 saturated heterocycles. The average Bonchev–Trinajstić information content (AvgIpc) is 3.33. The van der Waals surface area contributed by atoms with E-state index >= 15 is 0 Å². The van der Waals surface area contributed by atoms with Crippen LogP contribution in [0.15, 0.2) is 18.6 Å². The lowest BCUT2D eigenvalue weighted by Crippen LogP contribution is -2.34. The van der Waals surface area contributed by atoms with Crippen molar-refractivity contribution in [3.8, 4) is 0 Å². The molecule has 0 radical (unpaired) electrons. The van der Waals surface area contributed by atoms with Gasteiger partial charge >= 0.3 is 0 Å². The Bertz CT molecular complexity index is 878. The van der Waals surface area contributed by atoms with Crippen molar-refractivity contribution in [2.24, 2.45) is 0 Å². The maximum atomic E-state index is 13.0. The van der Waals surface area contributed by atoms with Gasteiger partial charge in [0.2, 0.25) is 0 Å². The summed E-state index contributed by atoms with van der Waals surface area (Å²) in [6, 6.07) is -0.0157. The summed E-state index contributed by atoms with van der Waals surface area (Å²) in [5.41, 5.74) is 2.14. The molecule has 1 N–H and O–H groups in total. The van der Waals surface area contributed by atoms with E-state index < -0.39 is 0 Å². The fraction of sp³-hybridized carbons (Fsp3) is 0.474. The molecule has 2 aliphatic rings. The third-order valence-electron chi connectivity index (χ3n) is 4.93. The molecule has 8 nitrogen and oxygen atoms in total. The second-order valence-corrected chi connectivity index (χ2v) is 7.16. The van der Waals surface area contributed by atoms with Crippen molar-refractivity contribution in [3.63, 3.8) is 0 Å². The number of likely N-dealkylation sites (tertiary alicyclic amines) is 1. The number of carbonyl (C=O) groups excluding carboxylic acids is 2. The summed E-state index contributed by atoms with van der Waals surface area (Å²) in [4.78, 5) is 44.5. The Morgan fingerprint density at radius 2 is 1.89 bits per heavy atom. The van der Waals surface area contributed by atoms with Crippen LogP contribution in [0.25, 0.3) is 0 Å². The van der Waals surface area contributed by atoms with E-state index in [-0.39, 0.29) is 23.9 Å². The van der Waals surface area contributed by atoms with Crippen LogP contribution in [-0.2, 0) is 0 Å². The Balaban J connectivity index is 1.64. The van der Waals surface area contributed by atoms with Crippen LogP contribution in [0.3, 0.4) is 0 Å². The normalized spacial score (nSPS) is 19.2. The molecule has 4 rings (SSSR count). The van der Waals surface area contributed by atoms with Gasteiger partial charge in [0.05, 0.1) is 29.2 Å². The van der Waals surface area contributed by atoms with Crippen LogP contribution in [0.1, 0.15) is 69.8 Å². The van der Waals surface area contributed by atoms with Crippen molar-refractivity contribution in [2.45, 2.75) is 51.6 Å². The van der Waals surface area contributed by atoms with Gasteiger partial charge in [0.15, 0.2) is 0 Å². The van der Waals surface area contributed by atoms with Crippen LogP contribution in [0.2, 0.25) is 0 Å². The number of aryl methyl sites for hydroxylation is 2. The summed E-state index contributed by atoms with van der Waals surface area (Å²) in [5, 5.41) is 2.99. The van der Waals surface area contributed by atoms with E-state index in [1.807, 2.05) is 6.92 Å². The fourth-order valence-corrected chi connectivity index (χ4v) is 3.35. The number of rotatable bonds is 4. The van der Waals surface area contributed by atoms with Gasteiger partial charge in [-0.25, -0.2) is 15.0 Å². The van der Waals surface area contributed by atoms with E-state index in [0.717, 1.165) is 31.4 Å². The standard InChI is InChI=1S/C19H22N6O2/c1-11-8-22-15(10-20-11)19(27)25-7-3-4-16(25)17-14(9-21-12(2)23-17)18(26)24-13-5-6-13/h8-10,13,16H,3-7H2,1-2H3,(H,24,26). The average molecular weight is 366 g/mol. The molecule has 0 bridgehead atoms. The van der Waals surface area contributed by atoms with E-state index in [1.165, 1.54) is 6.20 Å². The van der Waals surface area contributed by atoms with Crippen LogP contribution in [0.4, 0.5) is 0 Å². The van der Waals surface area contributed by atoms with Gasteiger partial charge in [-0.3, -0.25) is 14.6 Å². The summed E-state index contributed by atoms with van der Waals surface area (Å²) >= 11 is 0. The maximum Gasteiger partial charge on any atom is 0.274 e. The highest BCUT2D eigenvalue weighted by Gasteiger charge is 2.36. The molecule has 1 saturated carbocycles. The zero-order chi connectivity index (χ0) is 19.0. The molecule has 1 aliphatic carbocycles. The lowest BCUT2D eigenvalue weighted by molar-refractivity contribution is 0.0722. The number of hydrogen-bond acceptors (Lipinski definition) is 6. The highest BCUT2D eigenvalue weighted by Crippen LogP contribution is 2.34. The highest BCUT2D eigenvalue weighted by molar-refractivity contribution is 5.96. The van der Waals surface area contributed by atoms with Gasteiger partial charge in [-0.15, -0.1) is 0 Å². The molecular formula is C19H22N6O2. The molecule has 0 aromatic carbocycles. The fourth-order valence-electron chi connectivity index (χ4n) is 3.35. The zero-order valence-electron chi connectivity index (χ0n) is 15.5. The van der Waals surface area contributed by atoms with Crippen molar-refractivity contribution in [2.75, 3.05) is 6.54 Å². The molecule has 2 amide bonds. The van der Waals surface area contributed by atoms with Crippen LogP contribution >= 0.6 is 0 Å². The Morgan fingerprint density at radius 3 is 2.59 bits per heavy atom. The molecule has 8 heteroatoms. The summed E-state index contributed by atoms with van der Waals surface area (Å²) < 4.78 is 0. The van der Waals surface area contributed by atoms with E-state index in [1.54, 1.807) is 24.2 Å². The Kier molecular flexibility index (Phi) is 4.55. The first-order valence-electron chi connectivity index (χ1n) is 9.27. The van der Waals surface area contributed by atoms with Gasteiger partial charge in [0, 0.05) is 25.0 Å². The van der Waals surface area contributed by atoms with Gasteiger partial charge in [0.1, 0.15) is 11.5 Å². The smallest absolute Gasteiger partial charge is 0.274 e. The van der Waals surface area contributed by atoms with Crippen molar-refractivity contribution in [1.82, 2.24) is 30.2 Å². The first-order chi connectivity index (χ1) is 13.0. The van der Waals surface area contributed by atoms with E-state index in [2.05, 4.69) is 25.3 Å². The lowest BCUT2D eigenvalue weighted by atomic mass is 10.0. The van der Waals surface area contributed by atoms with E-state index in [4.69, 9.17) is 0 Å². The minimum atomic E-state index is -0.262. The van der Waals surface area contributed by atoms with Crippen LogP contribution < -0.4 is 5.32 Å². The number of amides is 2. The predicted molar refractivity (Wildman–Crippen MR) is 97.0 cm³/mol. The van der Waals surface area contributed by atoms with Crippen molar-refractivity contribution < 1.29 is 9.59 Å². The Hall–Kier alpha value is -2.90. The molecule has 3 heterocycles. The van der Waals surface area contributed by atoms with Crippen LogP contribution in [-0.4, -0.2) is 49.2 Å². The van der Waals surface area contributed by atoms with Gasteiger partial charge in [-0.05, 0) is 39.5 Å². The lowest BCUT2D eigenvalue weighted by Gasteiger charge is -2.25. The second-order valence-electron chi connectivity index (χ2n) is 7.16. The number of carbonyl (C=O) groups is 2. The number of hydrogen-bond donors (Lipinski definition) is 1. The molecule has 1 aliphatic heterocycles. The van der Waals surface area contributed by atoms with Crippen molar-refractivity contribution >= 4 is 11.8 Å². The monoisotopic (exact) mass is 366 g/mol.